The third-order valence-corrected chi connectivity index (χ3v) is 7.94. The molecule has 4 aromatic carbocycles. The minimum atomic E-state index is -0.289. The predicted molar refractivity (Wildman–Crippen MR) is 195 cm³/mol. The second-order valence-corrected chi connectivity index (χ2v) is 13.0. The van der Waals surface area contributed by atoms with E-state index in [-0.39, 0.29) is 47.8 Å². The van der Waals surface area contributed by atoms with E-state index in [1.165, 1.54) is 0 Å². The first-order chi connectivity index (χ1) is 23.2. The van der Waals surface area contributed by atoms with Crippen molar-refractivity contribution in [2.24, 2.45) is 0 Å². The molecule has 4 amide bonds. The van der Waals surface area contributed by atoms with E-state index in [4.69, 9.17) is 4.74 Å². The predicted octanol–water partition coefficient (Wildman–Crippen LogP) is 8.50. The highest BCUT2D eigenvalue weighted by Crippen LogP contribution is 2.25. The third kappa shape index (κ3) is 9.34. The quantitative estimate of drug-likeness (QED) is 0.158. The van der Waals surface area contributed by atoms with Crippen LogP contribution in [0.4, 0.5) is 11.4 Å². The van der Waals surface area contributed by atoms with Gasteiger partial charge in [-0.3, -0.25) is 19.2 Å². The summed E-state index contributed by atoms with van der Waals surface area (Å²) in [7, 11) is 0. The summed E-state index contributed by atoms with van der Waals surface area (Å²) < 4.78 is 5.95. The van der Waals surface area contributed by atoms with Crippen LogP contribution in [0.3, 0.4) is 0 Å². The fourth-order valence-corrected chi connectivity index (χ4v) is 5.71. The summed E-state index contributed by atoms with van der Waals surface area (Å²) in [6.07, 6.45) is 0. The van der Waals surface area contributed by atoms with Crippen LogP contribution in [0.1, 0.15) is 96.8 Å². The lowest BCUT2D eigenvalue weighted by atomic mass is 10.1. The first-order valence-electron chi connectivity index (χ1n) is 16.6. The Hall–Kier alpha value is -5.44. The molecule has 0 heterocycles. The summed E-state index contributed by atoms with van der Waals surface area (Å²) >= 11 is 0. The van der Waals surface area contributed by atoms with E-state index in [0.717, 1.165) is 0 Å². The molecule has 49 heavy (non-hydrogen) atoms. The Morgan fingerprint density at radius 3 is 0.959 bits per heavy atom. The molecule has 0 fully saturated rings. The summed E-state index contributed by atoms with van der Waals surface area (Å²) in [6, 6.07) is 27.5. The molecule has 0 aliphatic heterocycles. The molecule has 0 unspecified atom stereocenters. The number of hydrogen-bond acceptors (Lipinski definition) is 5. The van der Waals surface area contributed by atoms with Crippen molar-refractivity contribution in [2.75, 3.05) is 10.6 Å². The Bertz CT molecular complexity index is 1600. The summed E-state index contributed by atoms with van der Waals surface area (Å²) in [6.45, 7) is 15.9. The van der Waals surface area contributed by atoms with E-state index in [9.17, 15) is 19.2 Å². The molecular weight excluding hydrogens is 616 g/mol. The minimum Gasteiger partial charge on any atom is -0.457 e. The maximum absolute atomic E-state index is 12.9. The molecule has 4 rings (SSSR count). The molecule has 0 radical (unpaired) electrons. The number of carbonyl (C=O) groups excluding carboxylic acids is 4. The second kappa shape index (κ2) is 16.1. The monoisotopic (exact) mass is 662 g/mol. The van der Waals surface area contributed by atoms with Crippen LogP contribution in [0, 0.1) is 0 Å². The molecule has 0 saturated carbocycles. The lowest BCUT2D eigenvalue weighted by Crippen LogP contribution is -2.42. The van der Waals surface area contributed by atoms with Gasteiger partial charge in [0.25, 0.3) is 23.6 Å². The highest BCUT2D eigenvalue weighted by atomic mass is 16.5. The number of carbonyl (C=O) groups is 4. The first kappa shape index (κ1) is 36.4. The molecule has 0 bridgehead atoms. The summed E-state index contributed by atoms with van der Waals surface area (Å²) in [5.74, 6) is 0.430. The highest BCUT2D eigenvalue weighted by Gasteiger charge is 2.23. The Morgan fingerprint density at radius 1 is 0.429 bits per heavy atom. The molecule has 9 heteroatoms. The Kier molecular flexibility index (Phi) is 12.0. The average Bonchev–Trinajstić information content (AvgIpc) is 3.06. The van der Waals surface area contributed by atoms with Crippen molar-refractivity contribution in [2.45, 2.75) is 79.6 Å². The molecule has 2 N–H and O–H groups in total. The molecule has 256 valence electrons. The van der Waals surface area contributed by atoms with Crippen molar-refractivity contribution in [3.63, 3.8) is 0 Å². The van der Waals surface area contributed by atoms with E-state index in [1.807, 2.05) is 65.2 Å². The second-order valence-electron chi connectivity index (χ2n) is 13.0. The minimum absolute atomic E-state index is 0.0654. The summed E-state index contributed by atoms with van der Waals surface area (Å²) in [5.41, 5.74) is 3.14. The summed E-state index contributed by atoms with van der Waals surface area (Å²) in [4.78, 5) is 55.2. The fourth-order valence-electron chi connectivity index (χ4n) is 5.71. The van der Waals surface area contributed by atoms with Crippen LogP contribution in [0.2, 0.25) is 0 Å². The van der Waals surface area contributed by atoms with Gasteiger partial charge < -0.3 is 25.2 Å². The molecule has 0 aromatic heterocycles. The topological polar surface area (TPSA) is 108 Å². The lowest BCUT2D eigenvalue weighted by Gasteiger charge is -2.30. The maximum Gasteiger partial charge on any atom is 0.255 e. The maximum atomic E-state index is 12.9. The molecule has 0 atom stereocenters. The van der Waals surface area contributed by atoms with Gasteiger partial charge in [0.15, 0.2) is 0 Å². The van der Waals surface area contributed by atoms with Gasteiger partial charge in [0.1, 0.15) is 11.5 Å². The molecule has 0 aliphatic rings. The molecule has 9 nitrogen and oxygen atoms in total. The van der Waals surface area contributed by atoms with Crippen LogP contribution in [0.15, 0.2) is 97.1 Å². The number of rotatable bonds is 12. The van der Waals surface area contributed by atoms with Gasteiger partial charge in [-0.1, -0.05) is 0 Å². The van der Waals surface area contributed by atoms with Crippen LogP contribution < -0.4 is 15.4 Å². The largest absolute Gasteiger partial charge is 0.457 e. The van der Waals surface area contributed by atoms with Crippen molar-refractivity contribution in [3.05, 3.63) is 119 Å². The van der Waals surface area contributed by atoms with Crippen LogP contribution in [0.5, 0.6) is 11.5 Å². The smallest absolute Gasteiger partial charge is 0.255 e. The SMILES string of the molecule is CC(C)N(C(=O)c1ccc(C(=O)Nc2ccc(Oc3ccc(NC(=O)c4ccc(C(=O)N(C(C)C)C(C)C)cc4)cc3)cc2)cc1)C(C)C. The van der Waals surface area contributed by atoms with Crippen molar-refractivity contribution in [1.82, 2.24) is 9.80 Å². The van der Waals surface area contributed by atoms with Crippen molar-refractivity contribution < 1.29 is 23.9 Å². The zero-order valence-electron chi connectivity index (χ0n) is 29.5. The lowest BCUT2D eigenvalue weighted by molar-refractivity contribution is 0.0634. The van der Waals surface area contributed by atoms with Gasteiger partial charge in [-0.25, -0.2) is 0 Å². The number of benzene rings is 4. The zero-order chi connectivity index (χ0) is 35.8. The molecule has 0 saturated heterocycles. The average molecular weight is 663 g/mol. The van der Waals surface area contributed by atoms with Gasteiger partial charge in [0, 0.05) is 57.8 Å². The Balaban J connectivity index is 1.30. The Labute approximate surface area is 289 Å². The third-order valence-electron chi connectivity index (χ3n) is 7.94. The number of nitrogens with zero attached hydrogens (tertiary/aromatic N) is 2. The number of ether oxygens (including phenoxy) is 1. The van der Waals surface area contributed by atoms with E-state index in [0.29, 0.717) is 45.1 Å². The van der Waals surface area contributed by atoms with Gasteiger partial charge in [-0.2, -0.15) is 0 Å². The molecule has 0 spiro atoms. The normalized spacial score (nSPS) is 11.1. The van der Waals surface area contributed by atoms with Crippen LogP contribution in [-0.2, 0) is 0 Å². The van der Waals surface area contributed by atoms with Crippen molar-refractivity contribution >= 4 is 35.0 Å². The first-order valence-corrected chi connectivity index (χ1v) is 16.6. The van der Waals surface area contributed by atoms with Crippen molar-refractivity contribution in [1.29, 1.82) is 0 Å². The molecular formula is C40H46N4O5. The number of anilines is 2. The van der Waals surface area contributed by atoms with Crippen LogP contribution in [0.25, 0.3) is 0 Å². The number of hydrogen-bond donors (Lipinski definition) is 2. The molecule has 4 aromatic rings. The van der Waals surface area contributed by atoms with E-state index in [1.54, 1.807) is 97.1 Å². The van der Waals surface area contributed by atoms with Crippen LogP contribution >= 0.6 is 0 Å². The van der Waals surface area contributed by atoms with Gasteiger partial charge in [-0.05, 0) is 152 Å². The van der Waals surface area contributed by atoms with Gasteiger partial charge in [-0.15, -0.1) is 0 Å². The van der Waals surface area contributed by atoms with Crippen LogP contribution in [-0.4, -0.2) is 57.6 Å². The van der Waals surface area contributed by atoms with E-state index >= 15 is 0 Å². The number of amides is 4. The summed E-state index contributed by atoms with van der Waals surface area (Å²) in [5, 5.41) is 5.74. The highest BCUT2D eigenvalue weighted by molar-refractivity contribution is 6.06. The van der Waals surface area contributed by atoms with Gasteiger partial charge in [0.2, 0.25) is 0 Å². The fraction of sp³-hybridized carbons (Fsp3) is 0.300. The standard InChI is InChI=1S/C40H46N4O5/c1-25(2)43(26(3)4)39(47)31-13-9-29(10-14-31)37(45)41-33-17-21-35(22-18-33)49-36-23-19-34(20-24-36)42-38(46)30-11-15-32(16-12-30)40(48)44(27(5)6)28(7)8/h9-28H,1-8H3,(H,41,45)(H,42,46). The Morgan fingerprint density at radius 2 is 0.694 bits per heavy atom. The van der Waals surface area contributed by atoms with E-state index in [2.05, 4.69) is 10.6 Å². The van der Waals surface area contributed by atoms with Crippen molar-refractivity contribution in [3.8, 4) is 11.5 Å². The zero-order valence-corrected chi connectivity index (χ0v) is 29.5. The molecule has 0 aliphatic carbocycles. The van der Waals surface area contributed by atoms with E-state index < -0.39 is 0 Å². The number of nitrogens with one attached hydrogen (secondary N) is 2. The van der Waals surface area contributed by atoms with Gasteiger partial charge >= 0.3 is 0 Å². The van der Waals surface area contributed by atoms with Gasteiger partial charge in [0.05, 0.1) is 0 Å².